The number of hydrogen-bond acceptors (Lipinski definition) is 3. The van der Waals surface area contributed by atoms with E-state index in [2.05, 4.69) is 49.5 Å². The predicted octanol–water partition coefficient (Wildman–Crippen LogP) is 4.12. The van der Waals surface area contributed by atoms with E-state index in [1.54, 1.807) is 0 Å². The fourth-order valence-corrected chi connectivity index (χ4v) is 3.84. The molecule has 3 heteroatoms. The summed E-state index contributed by atoms with van der Waals surface area (Å²) in [7, 11) is 0. The Hall–Kier alpha value is -0.900. The Morgan fingerprint density at radius 1 is 1.32 bits per heavy atom. The predicted molar refractivity (Wildman–Crippen MR) is 81.8 cm³/mol. The molecule has 0 saturated carbocycles. The number of benzene rings is 1. The van der Waals surface area contributed by atoms with Crippen molar-refractivity contribution >= 4 is 21.4 Å². The lowest BCUT2D eigenvalue weighted by Crippen LogP contribution is -2.54. The highest BCUT2D eigenvalue weighted by Crippen LogP contribution is 2.34. The van der Waals surface area contributed by atoms with E-state index in [0.717, 1.165) is 26.0 Å². The summed E-state index contributed by atoms with van der Waals surface area (Å²) in [6.45, 7) is 6.21. The summed E-state index contributed by atoms with van der Waals surface area (Å²) in [6, 6.07) is 10.8. The van der Waals surface area contributed by atoms with E-state index in [0.29, 0.717) is 0 Å². The van der Waals surface area contributed by atoms with Crippen LogP contribution in [-0.2, 0) is 4.74 Å². The second-order valence-corrected chi connectivity index (χ2v) is 6.47. The maximum absolute atomic E-state index is 6.14. The molecule has 102 valence electrons. The number of hydrogen-bond donors (Lipinski definition) is 1. The molecule has 1 unspecified atom stereocenters. The minimum atomic E-state index is 0.188. The van der Waals surface area contributed by atoms with Gasteiger partial charge in [-0.15, -0.1) is 11.3 Å². The lowest BCUT2D eigenvalue weighted by atomic mass is 9.92. The SMILES string of the molecule is CCC1(CC)COC(c2cc3ccccc3s2)CN1. The molecule has 2 aromatic rings. The van der Waals surface area contributed by atoms with E-state index in [9.17, 15) is 0 Å². The monoisotopic (exact) mass is 275 g/mol. The molecule has 0 aliphatic carbocycles. The molecule has 1 saturated heterocycles. The number of rotatable bonds is 3. The van der Waals surface area contributed by atoms with Crippen molar-refractivity contribution < 1.29 is 4.74 Å². The maximum atomic E-state index is 6.14. The van der Waals surface area contributed by atoms with Crippen LogP contribution in [0.15, 0.2) is 30.3 Å². The zero-order valence-corrected chi connectivity index (χ0v) is 12.4. The molecule has 3 rings (SSSR count). The summed E-state index contributed by atoms with van der Waals surface area (Å²) < 4.78 is 7.49. The Labute approximate surface area is 118 Å². The van der Waals surface area contributed by atoms with Crippen LogP contribution in [0.5, 0.6) is 0 Å². The van der Waals surface area contributed by atoms with E-state index in [1.807, 2.05) is 11.3 Å². The van der Waals surface area contributed by atoms with Gasteiger partial charge in [0.05, 0.1) is 6.61 Å². The van der Waals surface area contributed by atoms with Crippen LogP contribution in [-0.4, -0.2) is 18.7 Å². The molecule has 1 aliphatic heterocycles. The van der Waals surface area contributed by atoms with Gasteiger partial charge in [0.25, 0.3) is 0 Å². The Kier molecular flexibility index (Phi) is 3.61. The second-order valence-electron chi connectivity index (χ2n) is 5.35. The van der Waals surface area contributed by atoms with Gasteiger partial charge in [-0.2, -0.15) is 0 Å². The van der Waals surface area contributed by atoms with Gasteiger partial charge < -0.3 is 10.1 Å². The molecular weight excluding hydrogens is 254 g/mol. The van der Waals surface area contributed by atoms with Gasteiger partial charge in [-0.3, -0.25) is 0 Å². The Morgan fingerprint density at radius 3 is 2.74 bits per heavy atom. The van der Waals surface area contributed by atoms with Crippen molar-refractivity contribution in [2.45, 2.75) is 38.3 Å². The molecular formula is C16H21NOS. The summed E-state index contributed by atoms with van der Waals surface area (Å²) in [5, 5.41) is 5.03. The van der Waals surface area contributed by atoms with Crippen LogP contribution < -0.4 is 5.32 Å². The highest BCUT2D eigenvalue weighted by atomic mass is 32.1. The average molecular weight is 275 g/mol. The van der Waals surface area contributed by atoms with Crippen molar-refractivity contribution in [1.82, 2.24) is 5.32 Å². The molecule has 0 spiro atoms. The normalized spacial score (nSPS) is 22.7. The molecule has 0 radical (unpaired) electrons. The molecule has 0 bridgehead atoms. The molecule has 2 nitrogen and oxygen atoms in total. The maximum Gasteiger partial charge on any atom is 0.104 e. The fraction of sp³-hybridized carbons (Fsp3) is 0.500. The quantitative estimate of drug-likeness (QED) is 0.909. The first-order chi connectivity index (χ1) is 9.26. The molecule has 1 aromatic heterocycles. The number of morpholine rings is 1. The van der Waals surface area contributed by atoms with Gasteiger partial charge in [0, 0.05) is 21.7 Å². The van der Waals surface area contributed by atoms with Gasteiger partial charge in [-0.05, 0) is 30.4 Å². The molecule has 1 aromatic carbocycles. The van der Waals surface area contributed by atoms with Gasteiger partial charge in [0.15, 0.2) is 0 Å². The van der Waals surface area contributed by atoms with E-state index >= 15 is 0 Å². The third kappa shape index (κ3) is 2.42. The molecule has 19 heavy (non-hydrogen) atoms. The van der Waals surface area contributed by atoms with Gasteiger partial charge in [0.1, 0.15) is 6.10 Å². The molecule has 1 N–H and O–H groups in total. The standard InChI is InChI=1S/C16H21NOS/c1-3-16(4-2)11-18-13(10-17-16)15-9-12-7-5-6-8-14(12)19-15/h5-9,13,17H,3-4,10-11H2,1-2H3. The Morgan fingerprint density at radius 2 is 2.11 bits per heavy atom. The molecule has 2 heterocycles. The lowest BCUT2D eigenvalue weighted by molar-refractivity contribution is -0.0357. The molecule has 1 atom stereocenters. The minimum Gasteiger partial charge on any atom is -0.369 e. The third-order valence-electron chi connectivity index (χ3n) is 4.34. The van der Waals surface area contributed by atoms with Crippen LogP contribution in [0.2, 0.25) is 0 Å². The number of fused-ring (bicyclic) bond motifs is 1. The molecule has 0 amide bonds. The van der Waals surface area contributed by atoms with Crippen molar-refractivity contribution in [1.29, 1.82) is 0 Å². The Bertz CT molecular complexity index is 516. The van der Waals surface area contributed by atoms with Crippen LogP contribution in [0.1, 0.15) is 37.7 Å². The summed E-state index contributed by atoms with van der Waals surface area (Å²) in [5.74, 6) is 0. The Balaban J connectivity index is 1.78. The van der Waals surface area contributed by atoms with Crippen molar-refractivity contribution in [2.24, 2.45) is 0 Å². The zero-order valence-electron chi connectivity index (χ0n) is 11.6. The largest absolute Gasteiger partial charge is 0.369 e. The van der Waals surface area contributed by atoms with Crippen molar-refractivity contribution in [3.8, 4) is 0 Å². The third-order valence-corrected chi connectivity index (χ3v) is 5.55. The van der Waals surface area contributed by atoms with Crippen LogP contribution in [0, 0.1) is 0 Å². The van der Waals surface area contributed by atoms with Crippen molar-refractivity contribution in [2.75, 3.05) is 13.2 Å². The minimum absolute atomic E-state index is 0.188. The highest BCUT2D eigenvalue weighted by Gasteiger charge is 2.33. The van der Waals surface area contributed by atoms with E-state index in [1.165, 1.54) is 15.0 Å². The summed E-state index contributed by atoms with van der Waals surface area (Å²) in [4.78, 5) is 1.34. The number of ether oxygens (including phenoxy) is 1. The van der Waals surface area contributed by atoms with E-state index < -0.39 is 0 Å². The van der Waals surface area contributed by atoms with Crippen LogP contribution in [0.4, 0.5) is 0 Å². The molecule has 1 aliphatic rings. The van der Waals surface area contributed by atoms with E-state index in [4.69, 9.17) is 4.74 Å². The zero-order chi connectivity index (χ0) is 13.3. The fourth-order valence-electron chi connectivity index (χ4n) is 2.73. The first-order valence-corrected chi connectivity index (χ1v) is 7.93. The highest BCUT2D eigenvalue weighted by molar-refractivity contribution is 7.19. The van der Waals surface area contributed by atoms with Crippen molar-refractivity contribution in [3.63, 3.8) is 0 Å². The topological polar surface area (TPSA) is 21.3 Å². The van der Waals surface area contributed by atoms with Gasteiger partial charge in [-0.25, -0.2) is 0 Å². The first kappa shape index (κ1) is 13.1. The van der Waals surface area contributed by atoms with Gasteiger partial charge >= 0.3 is 0 Å². The molecule has 1 fully saturated rings. The smallest absolute Gasteiger partial charge is 0.104 e. The summed E-state index contributed by atoms with van der Waals surface area (Å²) >= 11 is 1.85. The lowest BCUT2D eigenvalue weighted by Gasteiger charge is -2.40. The van der Waals surface area contributed by atoms with Crippen molar-refractivity contribution in [3.05, 3.63) is 35.2 Å². The van der Waals surface area contributed by atoms with Crippen LogP contribution >= 0.6 is 11.3 Å². The summed E-state index contributed by atoms with van der Waals surface area (Å²) in [5.41, 5.74) is 0.188. The van der Waals surface area contributed by atoms with Crippen LogP contribution in [0.25, 0.3) is 10.1 Å². The van der Waals surface area contributed by atoms with Crippen LogP contribution in [0.3, 0.4) is 0 Å². The first-order valence-electron chi connectivity index (χ1n) is 7.11. The number of nitrogens with one attached hydrogen (secondary N) is 1. The average Bonchev–Trinajstić information content (AvgIpc) is 2.91. The number of thiophene rings is 1. The van der Waals surface area contributed by atoms with E-state index in [-0.39, 0.29) is 11.6 Å². The van der Waals surface area contributed by atoms with Gasteiger partial charge in [0.2, 0.25) is 0 Å². The summed E-state index contributed by atoms with van der Waals surface area (Å²) in [6.07, 6.45) is 2.47. The second kappa shape index (κ2) is 5.23. The van der Waals surface area contributed by atoms with Gasteiger partial charge in [-0.1, -0.05) is 32.0 Å².